The lowest BCUT2D eigenvalue weighted by Gasteiger charge is -2.20. The molecular weight excluding hydrogens is 418 g/mol. The van der Waals surface area contributed by atoms with Crippen LogP contribution in [0, 0.1) is 0 Å². The van der Waals surface area contributed by atoms with Crippen LogP contribution in [0.4, 0.5) is 5.69 Å². The number of amides is 1. The molecule has 1 amide bonds. The molecule has 9 nitrogen and oxygen atoms in total. The number of nitrogens with zero attached hydrogens (tertiary/aromatic N) is 5. The van der Waals surface area contributed by atoms with E-state index >= 15 is 0 Å². The minimum atomic E-state index is -3.55. The van der Waals surface area contributed by atoms with Gasteiger partial charge in [-0.15, -0.1) is 0 Å². The third kappa shape index (κ3) is 3.94. The highest BCUT2D eigenvalue weighted by Crippen LogP contribution is 2.31. The third-order valence-corrected chi connectivity index (χ3v) is 8.20. The molecule has 0 aliphatic carbocycles. The molecule has 2 aliphatic rings. The fourth-order valence-electron chi connectivity index (χ4n) is 4.45. The van der Waals surface area contributed by atoms with E-state index in [4.69, 9.17) is 0 Å². The van der Waals surface area contributed by atoms with E-state index in [2.05, 4.69) is 5.10 Å². The lowest BCUT2D eigenvalue weighted by Crippen LogP contribution is -2.36. The number of fused-ring (bicyclic) bond motifs is 2. The van der Waals surface area contributed by atoms with Gasteiger partial charge in [-0.25, -0.2) is 17.9 Å². The molecule has 1 aromatic heterocycles. The maximum Gasteiger partial charge on any atom is 0.346 e. The summed E-state index contributed by atoms with van der Waals surface area (Å²) >= 11 is 0. The molecule has 0 saturated carbocycles. The number of carbonyl (C=O) groups is 1. The Labute approximate surface area is 182 Å². The van der Waals surface area contributed by atoms with Crippen LogP contribution in [0.3, 0.4) is 0 Å². The van der Waals surface area contributed by atoms with Crippen molar-refractivity contribution in [1.29, 1.82) is 0 Å². The van der Waals surface area contributed by atoms with Crippen molar-refractivity contribution in [3.63, 3.8) is 0 Å². The maximum atomic E-state index is 13.0. The fourth-order valence-corrected chi connectivity index (χ4v) is 5.96. The smallest absolute Gasteiger partial charge is 0.310 e. The first-order valence-corrected chi connectivity index (χ1v) is 12.4. The third-order valence-electron chi connectivity index (χ3n) is 6.16. The molecule has 2 aromatic rings. The van der Waals surface area contributed by atoms with Crippen LogP contribution in [0.25, 0.3) is 0 Å². The second kappa shape index (κ2) is 8.58. The van der Waals surface area contributed by atoms with E-state index in [0.29, 0.717) is 38.3 Å². The summed E-state index contributed by atoms with van der Waals surface area (Å²) in [7, 11) is -3.55. The Bertz CT molecular complexity index is 1150. The van der Waals surface area contributed by atoms with E-state index in [1.807, 2.05) is 13.8 Å². The molecule has 0 unspecified atom stereocenters. The molecule has 168 valence electrons. The molecule has 2 aliphatic heterocycles. The number of hydrogen-bond acceptors (Lipinski definition) is 5. The van der Waals surface area contributed by atoms with Gasteiger partial charge in [-0.05, 0) is 43.0 Å². The van der Waals surface area contributed by atoms with Crippen molar-refractivity contribution in [2.75, 3.05) is 24.5 Å². The molecule has 0 saturated heterocycles. The Balaban J connectivity index is 1.55. The Kier molecular flexibility index (Phi) is 6.02. The average molecular weight is 448 g/mol. The van der Waals surface area contributed by atoms with E-state index in [9.17, 15) is 18.0 Å². The van der Waals surface area contributed by atoms with Crippen molar-refractivity contribution in [2.45, 2.75) is 63.9 Å². The fraction of sp³-hybridized carbons (Fsp3) is 0.571. The van der Waals surface area contributed by atoms with Crippen LogP contribution in [0.2, 0.25) is 0 Å². The van der Waals surface area contributed by atoms with E-state index in [1.165, 1.54) is 8.99 Å². The number of sulfonamides is 1. The summed E-state index contributed by atoms with van der Waals surface area (Å²) in [6.45, 7) is 5.44. The van der Waals surface area contributed by atoms with Gasteiger partial charge in [0.2, 0.25) is 15.9 Å². The standard InChI is InChI=1S/C21H29N5O4S/c1-3-23(4-2)31(29,30)17-9-10-18-16(14-17)11-13-24(18)20(27)15-26-21(28)25-12-7-5-6-8-19(25)22-26/h9-10,14H,3-8,11-13,15H2,1-2H3. The molecule has 10 heteroatoms. The first-order chi connectivity index (χ1) is 14.9. The second-order valence-electron chi connectivity index (χ2n) is 7.99. The van der Waals surface area contributed by atoms with Crippen LogP contribution in [0.5, 0.6) is 0 Å². The zero-order valence-corrected chi connectivity index (χ0v) is 18.9. The molecule has 4 rings (SSSR count). The second-order valence-corrected chi connectivity index (χ2v) is 9.93. The minimum absolute atomic E-state index is 0.113. The van der Waals surface area contributed by atoms with Gasteiger partial charge in [0.1, 0.15) is 12.4 Å². The van der Waals surface area contributed by atoms with Crippen molar-refractivity contribution in [3.05, 3.63) is 40.1 Å². The Hall–Kier alpha value is -2.46. The molecule has 3 heterocycles. The van der Waals surface area contributed by atoms with Gasteiger partial charge in [-0.1, -0.05) is 20.3 Å². The van der Waals surface area contributed by atoms with E-state index in [-0.39, 0.29) is 23.0 Å². The number of carbonyl (C=O) groups excluding carboxylic acids is 1. The topological polar surface area (TPSA) is 97.5 Å². The van der Waals surface area contributed by atoms with Crippen LogP contribution >= 0.6 is 0 Å². The number of anilines is 1. The molecule has 0 N–H and O–H groups in total. The first kappa shape index (κ1) is 21.8. The summed E-state index contributed by atoms with van der Waals surface area (Å²) in [4.78, 5) is 27.5. The maximum absolute atomic E-state index is 13.0. The number of benzene rings is 1. The van der Waals surface area contributed by atoms with Gasteiger partial charge < -0.3 is 4.90 Å². The zero-order chi connectivity index (χ0) is 22.2. The predicted octanol–water partition coefficient (Wildman–Crippen LogP) is 1.39. The molecule has 0 atom stereocenters. The normalized spacial score (nSPS) is 16.3. The first-order valence-electron chi connectivity index (χ1n) is 11.0. The van der Waals surface area contributed by atoms with Gasteiger partial charge >= 0.3 is 5.69 Å². The van der Waals surface area contributed by atoms with Gasteiger partial charge in [0.15, 0.2) is 0 Å². The van der Waals surface area contributed by atoms with Crippen molar-refractivity contribution in [2.24, 2.45) is 0 Å². The van der Waals surface area contributed by atoms with Crippen molar-refractivity contribution in [3.8, 4) is 0 Å². The summed E-state index contributed by atoms with van der Waals surface area (Å²) in [5.41, 5.74) is 1.30. The summed E-state index contributed by atoms with van der Waals surface area (Å²) in [5.74, 6) is 0.539. The predicted molar refractivity (Wildman–Crippen MR) is 117 cm³/mol. The highest BCUT2D eigenvalue weighted by molar-refractivity contribution is 7.89. The molecule has 0 fully saturated rings. The summed E-state index contributed by atoms with van der Waals surface area (Å²) in [5, 5.41) is 4.40. The number of rotatable bonds is 6. The van der Waals surface area contributed by atoms with Crippen LogP contribution in [-0.4, -0.2) is 52.6 Å². The van der Waals surface area contributed by atoms with Gasteiger partial charge in [0, 0.05) is 38.3 Å². The number of aromatic nitrogens is 3. The van der Waals surface area contributed by atoms with Crippen molar-refractivity contribution < 1.29 is 13.2 Å². The number of hydrogen-bond donors (Lipinski definition) is 0. The van der Waals surface area contributed by atoms with Crippen LogP contribution in [0.1, 0.15) is 44.5 Å². The van der Waals surface area contributed by atoms with Crippen molar-refractivity contribution in [1.82, 2.24) is 18.7 Å². The molecule has 0 bridgehead atoms. The molecular formula is C21H29N5O4S. The summed E-state index contributed by atoms with van der Waals surface area (Å²) in [6, 6.07) is 4.92. The van der Waals surface area contributed by atoms with Gasteiger partial charge in [-0.2, -0.15) is 9.40 Å². The van der Waals surface area contributed by atoms with Crippen LogP contribution in [-0.2, 0) is 40.7 Å². The quantitative estimate of drug-likeness (QED) is 0.667. The molecule has 31 heavy (non-hydrogen) atoms. The SMILES string of the molecule is CCN(CC)S(=O)(=O)c1ccc2c(c1)CCN2C(=O)Cn1nc2n(c1=O)CCCCC2. The monoisotopic (exact) mass is 447 g/mol. The van der Waals surface area contributed by atoms with Crippen LogP contribution < -0.4 is 10.6 Å². The highest BCUT2D eigenvalue weighted by Gasteiger charge is 2.29. The highest BCUT2D eigenvalue weighted by atomic mass is 32.2. The Morgan fingerprint density at radius 3 is 2.61 bits per heavy atom. The molecule has 1 aromatic carbocycles. The van der Waals surface area contributed by atoms with Gasteiger partial charge in [-0.3, -0.25) is 9.36 Å². The zero-order valence-electron chi connectivity index (χ0n) is 18.1. The average Bonchev–Trinajstić information content (AvgIpc) is 3.20. The van der Waals surface area contributed by atoms with Gasteiger partial charge in [0.25, 0.3) is 0 Å². The molecule has 0 spiro atoms. The molecule has 0 radical (unpaired) electrons. The largest absolute Gasteiger partial charge is 0.346 e. The van der Waals surface area contributed by atoms with E-state index in [1.54, 1.807) is 27.7 Å². The lowest BCUT2D eigenvalue weighted by atomic mass is 10.2. The van der Waals surface area contributed by atoms with Gasteiger partial charge in [0.05, 0.1) is 4.90 Å². The van der Waals surface area contributed by atoms with E-state index in [0.717, 1.165) is 37.1 Å². The number of aryl methyl sites for hydroxylation is 1. The van der Waals surface area contributed by atoms with Crippen molar-refractivity contribution >= 4 is 21.6 Å². The van der Waals surface area contributed by atoms with E-state index < -0.39 is 10.0 Å². The summed E-state index contributed by atoms with van der Waals surface area (Å²) in [6.07, 6.45) is 4.37. The summed E-state index contributed by atoms with van der Waals surface area (Å²) < 4.78 is 30.0. The Morgan fingerprint density at radius 1 is 1.10 bits per heavy atom. The van der Waals surface area contributed by atoms with Crippen LogP contribution in [0.15, 0.2) is 27.9 Å². The Morgan fingerprint density at radius 2 is 1.87 bits per heavy atom. The lowest BCUT2D eigenvalue weighted by molar-refractivity contribution is -0.119. The minimum Gasteiger partial charge on any atom is -0.310 e.